The maximum atomic E-state index is 12.5. The van der Waals surface area contributed by atoms with Crippen LogP contribution in [-0.2, 0) is 11.0 Å². The molecule has 0 spiro atoms. The average molecular weight is 369 g/mol. The van der Waals surface area contributed by atoms with Crippen molar-refractivity contribution in [2.24, 2.45) is 0 Å². The zero-order chi connectivity index (χ0) is 19.3. The van der Waals surface area contributed by atoms with Crippen molar-refractivity contribution in [2.45, 2.75) is 13.1 Å². The highest BCUT2D eigenvalue weighted by atomic mass is 19.4. The quantitative estimate of drug-likeness (QED) is 0.835. The molecule has 0 aliphatic carbocycles. The average Bonchev–Trinajstić information content (AvgIpc) is 2.59. The van der Waals surface area contributed by atoms with Gasteiger partial charge < -0.3 is 19.5 Å². The van der Waals surface area contributed by atoms with Gasteiger partial charge in [-0.15, -0.1) is 0 Å². The number of alkyl halides is 3. The van der Waals surface area contributed by atoms with Gasteiger partial charge in [0.1, 0.15) is 0 Å². The number of nitrogens with one attached hydrogen (secondary N) is 1. The van der Waals surface area contributed by atoms with Gasteiger partial charge in [-0.05, 0) is 48.9 Å². The third-order valence-electron chi connectivity index (χ3n) is 3.45. The number of benzene rings is 2. The molecule has 0 aliphatic rings. The number of methoxy groups -OCH3 is 2. The largest absolute Gasteiger partial charge is 0.493 e. The molecule has 0 bridgehead atoms. The Labute approximate surface area is 148 Å². The summed E-state index contributed by atoms with van der Waals surface area (Å²) in [5.41, 5.74) is 0.329. The smallest absolute Gasteiger partial charge is 0.416 e. The van der Waals surface area contributed by atoms with Gasteiger partial charge in [-0.25, -0.2) is 0 Å². The van der Waals surface area contributed by atoms with Gasteiger partial charge in [0, 0.05) is 5.69 Å². The van der Waals surface area contributed by atoms with Gasteiger partial charge in [0.15, 0.2) is 18.1 Å². The molecule has 26 heavy (non-hydrogen) atoms. The van der Waals surface area contributed by atoms with Gasteiger partial charge in [-0.1, -0.05) is 0 Å². The van der Waals surface area contributed by atoms with E-state index in [0.717, 1.165) is 17.7 Å². The molecule has 2 aromatic rings. The summed E-state index contributed by atoms with van der Waals surface area (Å²) < 4.78 is 53.5. The van der Waals surface area contributed by atoms with Crippen molar-refractivity contribution in [1.82, 2.24) is 0 Å². The summed E-state index contributed by atoms with van der Waals surface area (Å²) in [4.78, 5) is 12.0. The minimum absolute atomic E-state index is 0.231. The number of anilines is 1. The summed E-state index contributed by atoms with van der Waals surface area (Å²) in [6.45, 7) is 1.49. The fourth-order valence-electron chi connectivity index (χ4n) is 2.23. The van der Waals surface area contributed by atoms with Gasteiger partial charge >= 0.3 is 6.18 Å². The molecule has 2 aromatic carbocycles. The van der Waals surface area contributed by atoms with Crippen LogP contribution in [0.2, 0.25) is 0 Å². The van der Waals surface area contributed by atoms with Gasteiger partial charge in [0.2, 0.25) is 5.75 Å². The third-order valence-corrected chi connectivity index (χ3v) is 3.45. The first kappa shape index (κ1) is 19.4. The maximum Gasteiger partial charge on any atom is 0.416 e. The lowest BCUT2D eigenvalue weighted by atomic mass is 10.2. The number of hydrogen-bond acceptors (Lipinski definition) is 4. The van der Waals surface area contributed by atoms with E-state index in [0.29, 0.717) is 11.5 Å². The molecule has 0 heterocycles. The predicted molar refractivity (Wildman–Crippen MR) is 89.9 cm³/mol. The van der Waals surface area contributed by atoms with Crippen LogP contribution >= 0.6 is 0 Å². The molecule has 5 nitrogen and oxygen atoms in total. The van der Waals surface area contributed by atoms with E-state index in [1.165, 1.54) is 26.4 Å². The fourth-order valence-corrected chi connectivity index (χ4v) is 2.23. The summed E-state index contributed by atoms with van der Waals surface area (Å²) in [6, 6.07) is 7.59. The van der Waals surface area contributed by atoms with Crippen LogP contribution in [-0.4, -0.2) is 26.7 Å². The Hall–Kier alpha value is -2.90. The SMILES string of the molecule is COc1cc(C)cc(OC)c1OCC(=O)Nc1ccc(C(F)(F)F)cc1. The lowest BCUT2D eigenvalue weighted by Gasteiger charge is -2.15. The van der Waals surface area contributed by atoms with Gasteiger partial charge in [0.25, 0.3) is 5.91 Å². The predicted octanol–water partition coefficient (Wildman–Crippen LogP) is 4.05. The Balaban J connectivity index is 2.03. The molecule has 140 valence electrons. The number of hydrogen-bond donors (Lipinski definition) is 1. The highest BCUT2D eigenvalue weighted by Gasteiger charge is 2.30. The second-order valence-electron chi connectivity index (χ2n) is 5.41. The minimum Gasteiger partial charge on any atom is -0.493 e. The molecule has 0 aliphatic heterocycles. The van der Waals surface area contributed by atoms with E-state index in [1.54, 1.807) is 12.1 Å². The molecule has 8 heteroatoms. The molecule has 0 radical (unpaired) electrons. The van der Waals surface area contributed by atoms with E-state index >= 15 is 0 Å². The fraction of sp³-hybridized carbons (Fsp3) is 0.278. The Morgan fingerprint density at radius 2 is 1.58 bits per heavy atom. The molecule has 0 fully saturated rings. The zero-order valence-corrected chi connectivity index (χ0v) is 14.4. The van der Waals surface area contributed by atoms with Crippen molar-refractivity contribution in [3.8, 4) is 17.2 Å². The van der Waals surface area contributed by atoms with E-state index in [2.05, 4.69) is 5.32 Å². The first-order valence-corrected chi connectivity index (χ1v) is 7.57. The maximum absolute atomic E-state index is 12.5. The molecule has 1 amide bonds. The van der Waals surface area contributed by atoms with Gasteiger partial charge in [0.05, 0.1) is 19.8 Å². The highest BCUT2D eigenvalue weighted by Crippen LogP contribution is 2.38. The standard InChI is InChI=1S/C18H18F3NO4/c1-11-8-14(24-2)17(15(9-11)25-3)26-10-16(23)22-13-6-4-12(5-7-13)18(19,20)21/h4-9H,10H2,1-3H3,(H,22,23). The van der Waals surface area contributed by atoms with Crippen molar-refractivity contribution < 1.29 is 32.2 Å². The van der Waals surface area contributed by atoms with E-state index in [9.17, 15) is 18.0 Å². The number of carbonyl (C=O) groups is 1. The van der Waals surface area contributed by atoms with Gasteiger partial charge in [-0.2, -0.15) is 13.2 Å². The van der Waals surface area contributed by atoms with E-state index in [4.69, 9.17) is 14.2 Å². The summed E-state index contributed by atoms with van der Waals surface area (Å²) in [7, 11) is 2.92. The number of halogens is 3. The van der Waals surface area contributed by atoms with Crippen LogP contribution in [0.4, 0.5) is 18.9 Å². The summed E-state index contributed by atoms with van der Waals surface area (Å²) >= 11 is 0. The van der Waals surface area contributed by atoms with Crippen LogP contribution < -0.4 is 19.5 Å². The van der Waals surface area contributed by atoms with Gasteiger partial charge in [-0.3, -0.25) is 4.79 Å². The Morgan fingerprint density at radius 3 is 2.04 bits per heavy atom. The summed E-state index contributed by atoms with van der Waals surface area (Å²) in [5, 5.41) is 2.46. The van der Waals surface area contributed by atoms with Crippen LogP contribution in [0.15, 0.2) is 36.4 Å². The summed E-state index contributed by atoms with van der Waals surface area (Å²) in [5.74, 6) is 0.547. The second kappa shape index (κ2) is 7.99. The number of carbonyl (C=O) groups excluding carboxylic acids is 1. The number of amides is 1. The third kappa shape index (κ3) is 4.81. The van der Waals surface area contributed by atoms with E-state index in [1.807, 2.05) is 6.92 Å². The monoisotopic (exact) mass is 369 g/mol. The van der Waals surface area contributed by atoms with Crippen molar-refractivity contribution >= 4 is 11.6 Å². The van der Waals surface area contributed by atoms with Crippen LogP contribution in [0.5, 0.6) is 17.2 Å². The van der Waals surface area contributed by atoms with E-state index in [-0.39, 0.29) is 18.0 Å². The molecule has 0 unspecified atom stereocenters. The molecule has 0 aromatic heterocycles. The number of ether oxygens (including phenoxy) is 3. The molecule has 0 saturated carbocycles. The molecule has 2 rings (SSSR count). The van der Waals surface area contributed by atoms with Crippen molar-refractivity contribution in [1.29, 1.82) is 0 Å². The van der Waals surface area contributed by atoms with Crippen molar-refractivity contribution in [2.75, 3.05) is 26.1 Å². The molecule has 0 saturated heterocycles. The first-order valence-electron chi connectivity index (χ1n) is 7.57. The molecular weight excluding hydrogens is 351 g/mol. The zero-order valence-electron chi connectivity index (χ0n) is 14.4. The van der Waals surface area contributed by atoms with Crippen molar-refractivity contribution in [3.63, 3.8) is 0 Å². The first-order chi connectivity index (χ1) is 12.2. The number of rotatable bonds is 6. The number of aryl methyl sites for hydroxylation is 1. The highest BCUT2D eigenvalue weighted by molar-refractivity contribution is 5.92. The topological polar surface area (TPSA) is 56.8 Å². The van der Waals surface area contributed by atoms with Crippen LogP contribution in [0.1, 0.15) is 11.1 Å². The van der Waals surface area contributed by atoms with Crippen LogP contribution in [0.3, 0.4) is 0 Å². The molecular formula is C18H18F3NO4. The van der Waals surface area contributed by atoms with E-state index < -0.39 is 17.6 Å². The Morgan fingerprint density at radius 1 is 1.04 bits per heavy atom. The second-order valence-corrected chi connectivity index (χ2v) is 5.41. The molecule has 1 N–H and O–H groups in total. The molecule has 0 atom stereocenters. The summed E-state index contributed by atoms with van der Waals surface area (Å²) in [6.07, 6.45) is -4.43. The normalized spacial score (nSPS) is 11.0. The van der Waals surface area contributed by atoms with Crippen molar-refractivity contribution in [3.05, 3.63) is 47.5 Å². The lowest BCUT2D eigenvalue weighted by molar-refractivity contribution is -0.137. The minimum atomic E-state index is -4.43. The Kier molecular flexibility index (Phi) is 5.97. The van der Waals surface area contributed by atoms with Crippen LogP contribution in [0, 0.1) is 6.92 Å². The Bertz CT molecular complexity index is 748. The lowest BCUT2D eigenvalue weighted by Crippen LogP contribution is -2.20. The van der Waals surface area contributed by atoms with Crippen LogP contribution in [0.25, 0.3) is 0 Å².